The third kappa shape index (κ3) is 4.92. The Morgan fingerprint density at radius 2 is 2.00 bits per heavy atom. The van der Waals surface area contributed by atoms with Gasteiger partial charge in [0.25, 0.3) is 5.79 Å². The molecule has 174 valence electrons. The number of carbonyl (C=O) groups is 2. The largest absolute Gasteiger partial charge is 0.507 e. The number of fused-ring (bicyclic) bond motifs is 1. The maximum absolute atomic E-state index is 13.2. The molecule has 0 spiro atoms. The fourth-order valence-corrected chi connectivity index (χ4v) is 5.04. The van der Waals surface area contributed by atoms with Gasteiger partial charge in [0.05, 0.1) is 6.42 Å². The molecule has 0 amide bonds. The van der Waals surface area contributed by atoms with Crippen LogP contribution in [0.3, 0.4) is 0 Å². The Labute approximate surface area is 191 Å². The summed E-state index contributed by atoms with van der Waals surface area (Å²) in [4.78, 5) is 25.1. The van der Waals surface area contributed by atoms with Gasteiger partial charge in [0.2, 0.25) is 0 Å². The summed E-state index contributed by atoms with van der Waals surface area (Å²) in [5.74, 6) is -1.58. The number of ketones is 1. The number of rotatable bonds is 8. The number of allylic oxidation sites excluding steroid dienone is 3. The predicted molar refractivity (Wildman–Crippen MR) is 125 cm³/mol. The second kappa shape index (κ2) is 9.51. The molecule has 0 radical (unpaired) electrons. The zero-order valence-electron chi connectivity index (χ0n) is 20.0. The molecule has 0 aromatic heterocycles. The Balaban J connectivity index is 2.21. The number of Topliss-reactive ketones (excluding diaryl/α,β-unsaturated/α-hetero) is 1. The van der Waals surface area contributed by atoms with Crippen molar-refractivity contribution in [2.75, 3.05) is 0 Å². The fourth-order valence-electron chi connectivity index (χ4n) is 5.04. The number of aromatic hydroxyl groups is 1. The Morgan fingerprint density at radius 3 is 2.62 bits per heavy atom. The smallest absolute Gasteiger partial charge is 0.345 e. The van der Waals surface area contributed by atoms with Crippen LogP contribution in [0.1, 0.15) is 101 Å². The quantitative estimate of drug-likeness (QED) is 0.288. The van der Waals surface area contributed by atoms with Gasteiger partial charge in [0, 0.05) is 18.4 Å². The molecule has 3 rings (SSSR count). The second-order valence-corrected chi connectivity index (χ2v) is 9.66. The summed E-state index contributed by atoms with van der Waals surface area (Å²) in [6, 6.07) is 1.70. The van der Waals surface area contributed by atoms with E-state index in [1.807, 2.05) is 6.92 Å². The number of hydrogen-bond donors (Lipinski definition) is 1. The summed E-state index contributed by atoms with van der Waals surface area (Å²) in [7, 11) is 0. The van der Waals surface area contributed by atoms with Crippen LogP contribution in [0.25, 0.3) is 0 Å². The molecule has 5 nitrogen and oxygen atoms in total. The zero-order chi connectivity index (χ0) is 23.6. The molecular formula is C27H36O5. The molecule has 1 N–H and O–H groups in total. The van der Waals surface area contributed by atoms with Gasteiger partial charge in [-0.25, -0.2) is 4.79 Å². The lowest BCUT2D eigenvalue weighted by Crippen LogP contribution is -2.44. The van der Waals surface area contributed by atoms with Crippen molar-refractivity contribution < 1.29 is 24.2 Å². The lowest BCUT2D eigenvalue weighted by molar-refractivity contribution is -0.155. The first-order chi connectivity index (χ1) is 15.1. The van der Waals surface area contributed by atoms with Crippen LogP contribution >= 0.6 is 0 Å². The summed E-state index contributed by atoms with van der Waals surface area (Å²) >= 11 is 0. The first-order valence-corrected chi connectivity index (χ1v) is 11.7. The van der Waals surface area contributed by atoms with Gasteiger partial charge in [0.15, 0.2) is 0 Å². The van der Waals surface area contributed by atoms with Crippen LogP contribution < -0.4 is 4.74 Å². The highest BCUT2D eigenvalue weighted by Gasteiger charge is 2.44. The van der Waals surface area contributed by atoms with Crippen LogP contribution in [0.4, 0.5) is 0 Å². The molecule has 1 aliphatic heterocycles. The van der Waals surface area contributed by atoms with Crippen molar-refractivity contribution in [2.24, 2.45) is 5.92 Å². The Hall–Kier alpha value is -2.56. The Bertz CT molecular complexity index is 957. The highest BCUT2D eigenvalue weighted by molar-refractivity contribution is 5.97. The maximum Gasteiger partial charge on any atom is 0.345 e. The summed E-state index contributed by atoms with van der Waals surface area (Å²) in [6.07, 6.45) is 7.61. The second-order valence-electron chi connectivity index (χ2n) is 9.66. The van der Waals surface area contributed by atoms with Crippen LogP contribution in [0.5, 0.6) is 11.5 Å². The molecule has 1 aliphatic carbocycles. The highest BCUT2D eigenvalue weighted by atomic mass is 16.7. The van der Waals surface area contributed by atoms with Crippen LogP contribution in [-0.4, -0.2) is 22.6 Å². The monoisotopic (exact) mass is 440 g/mol. The first kappa shape index (κ1) is 24.1. The lowest BCUT2D eigenvalue weighted by Gasteiger charge is -2.39. The van der Waals surface area contributed by atoms with E-state index in [9.17, 15) is 14.7 Å². The predicted octanol–water partition coefficient (Wildman–Crippen LogP) is 6.39. The highest BCUT2D eigenvalue weighted by Crippen LogP contribution is 2.51. The Morgan fingerprint density at radius 1 is 1.28 bits per heavy atom. The summed E-state index contributed by atoms with van der Waals surface area (Å²) in [5.41, 5.74) is 3.97. The molecule has 3 atom stereocenters. The molecule has 1 unspecified atom stereocenters. The third-order valence-electron chi connectivity index (χ3n) is 6.54. The number of esters is 1. The molecule has 0 saturated carbocycles. The Kier molecular flexibility index (Phi) is 7.16. The number of ether oxygens (including phenoxy) is 2. The van der Waals surface area contributed by atoms with Gasteiger partial charge in [-0.1, -0.05) is 43.6 Å². The van der Waals surface area contributed by atoms with Crippen molar-refractivity contribution in [3.05, 3.63) is 46.6 Å². The zero-order valence-corrected chi connectivity index (χ0v) is 20.0. The molecule has 5 heteroatoms. The van der Waals surface area contributed by atoms with Gasteiger partial charge < -0.3 is 14.6 Å². The first-order valence-electron chi connectivity index (χ1n) is 11.7. The number of benzene rings is 1. The number of aryl methyl sites for hydroxylation is 1. The topological polar surface area (TPSA) is 72.8 Å². The van der Waals surface area contributed by atoms with Crippen molar-refractivity contribution in [3.8, 4) is 11.5 Å². The number of carbonyl (C=O) groups excluding carboxylic acids is 2. The van der Waals surface area contributed by atoms with Crippen LogP contribution in [0.2, 0.25) is 0 Å². The summed E-state index contributed by atoms with van der Waals surface area (Å²) in [6.45, 7) is 13.4. The van der Waals surface area contributed by atoms with Crippen LogP contribution in [0.15, 0.2) is 29.9 Å². The molecule has 0 saturated heterocycles. The average molecular weight is 441 g/mol. The summed E-state index contributed by atoms with van der Waals surface area (Å²) in [5, 5.41) is 11.2. The fraction of sp³-hybridized carbons (Fsp3) is 0.556. The number of phenols is 1. The SMILES string of the molecule is C=C(C)[C@@H]1CCC(C)=C[C@H]1c1c(O)cc(CCCCC)c2c1OC(C)(CC(C)=O)OC2=O. The minimum Gasteiger partial charge on any atom is -0.507 e. The van der Waals surface area contributed by atoms with Crippen molar-refractivity contribution in [3.63, 3.8) is 0 Å². The van der Waals surface area contributed by atoms with Gasteiger partial charge >= 0.3 is 5.97 Å². The van der Waals surface area contributed by atoms with E-state index in [1.165, 1.54) is 12.5 Å². The molecule has 1 heterocycles. The minimum atomic E-state index is -1.40. The number of phenolic OH excluding ortho intramolecular Hbond substituents is 1. The van der Waals surface area contributed by atoms with Crippen molar-refractivity contribution in [1.82, 2.24) is 0 Å². The van der Waals surface area contributed by atoms with E-state index in [4.69, 9.17) is 9.47 Å². The van der Waals surface area contributed by atoms with E-state index in [1.54, 1.807) is 13.0 Å². The lowest BCUT2D eigenvalue weighted by atomic mass is 9.73. The van der Waals surface area contributed by atoms with Gasteiger partial charge in [-0.15, -0.1) is 0 Å². The average Bonchev–Trinajstić information content (AvgIpc) is 2.66. The molecule has 1 aromatic rings. The van der Waals surface area contributed by atoms with E-state index >= 15 is 0 Å². The van der Waals surface area contributed by atoms with Crippen molar-refractivity contribution >= 4 is 11.8 Å². The van der Waals surface area contributed by atoms with E-state index in [2.05, 4.69) is 26.5 Å². The van der Waals surface area contributed by atoms with Crippen LogP contribution in [-0.2, 0) is 16.0 Å². The molecule has 2 aliphatic rings. The molecule has 32 heavy (non-hydrogen) atoms. The van der Waals surface area contributed by atoms with Crippen LogP contribution in [0, 0.1) is 5.92 Å². The normalized spacial score (nSPS) is 24.8. The van der Waals surface area contributed by atoms with E-state index < -0.39 is 11.8 Å². The third-order valence-corrected chi connectivity index (χ3v) is 6.54. The summed E-state index contributed by atoms with van der Waals surface area (Å²) < 4.78 is 11.9. The molecule has 0 bridgehead atoms. The number of unbranched alkanes of at least 4 members (excludes halogenated alkanes) is 2. The minimum absolute atomic E-state index is 0.0537. The number of hydrogen-bond acceptors (Lipinski definition) is 5. The van der Waals surface area contributed by atoms with Crippen molar-refractivity contribution in [2.45, 2.75) is 91.3 Å². The van der Waals surface area contributed by atoms with Gasteiger partial charge in [-0.2, -0.15) is 0 Å². The standard InChI is InChI=1S/C27H36O5/c1-7-8-9-10-19-14-22(29)24(21-13-17(4)11-12-20(21)16(2)3)25-23(19)26(30)32-27(6,31-25)15-18(5)28/h13-14,20-21,29H,2,7-12,15H2,1,3-6H3/t20-,21+,27?/m0/s1. The van der Waals surface area contributed by atoms with Gasteiger partial charge in [0.1, 0.15) is 22.8 Å². The van der Waals surface area contributed by atoms with E-state index in [-0.39, 0.29) is 29.8 Å². The van der Waals surface area contributed by atoms with Gasteiger partial charge in [-0.05, 0) is 64.0 Å². The molecular weight excluding hydrogens is 404 g/mol. The molecule has 0 fully saturated rings. The number of cyclic esters (lactones) is 1. The maximum atomic E-state index is 13.2. The van der Waals surface area contributed by atoms with Crippen molar-refractivity contribution in [1.29, 1.82) is 0 Å². The molecule has 1 aromatic carbocycles. The van der Waals surface area contributed by atoms with E-state index in [0.29, 0.717) is 23.3 Å². The van der Waals surface area contributed by atoms with Gasteiger partial charge in [-0.3, -0.25) is 4.79 Å². The van der Waals surface area contributed by atoms with E-state index in [0.717, 1.165) is 43.2 Å².